The van der Waals surface area contributed by atoms with Gasteiger partial charge in [-0.25, -0.2) is 0 Å². The highest BCUT2D eigenvalue weighted by atomic mass is 32.1. The minimum absolute atomic E-state index is 0.393. The van der Waals surface area contributed by atoms with Gasteiger partial charge in [0.25, 0.3) is 0 Å². The summed E-state index contributed by atoms with van der Waals surface area (Å²) < 4.78 is 0.662. The van der Waals surface area contributed by atoms with Crippen LogP contribution >= 0.6 is 24.8 Å². The quantitative estimate of drug-likeness (QED) is 0.201. The average Bonchev–Trinajstić information content (AvgIpc) is 2.86. The molecule has 0 aliphatic heterocycles. The fourth-order valence-corrected chi connectivity index (χ4v) is 6.19. The molecule has 39 heavy (non-hydrogen) atoms. The summed E-state index contributed by atoms with van der Waals surface area (Å²) in [5.41, 5.74) is 14.6. The highest BCUT2D eigenvalue weighted by molar-refractivity contribution is 8.11. The first-order chi connectivity index (χ1) is 18.2. The lowest BCUT2D eigenvalue weighted by Crippen LogP contribution is -2.09. The average molecular weight is 559 g/mol. The first-order valence-corrected chi connectivity index (χ1v) is 15.7. The summed E-state index contributed by atoms with van der Waals surface area (Å²) in [6, 6.07) is 16.5. The fraction of sp³-hybridized carbons (Fsp3) is 0.486. The Kier molecular flexibility index (Phi) is 10.3. The van der Waals surface area contributed by atoms with E-state index in [0.717, 1.165) is 5.56 Å². The Hall–Kier alpha value is -1.90. The molecule has 0 radical (unpaired) electrons. The van der Waals surface area contributed by atoms with Gasteiger partial charge < -0.3 is 0 Å². The van der Waals surface area contributed by atoms with Crippen LogP contribution in [0.5, 0.6) is 0 Å². The number of hydrogen-bond donors (Lipinski definition) is 1. The lowest BCUT2D eigenvalue weighted by molar-refractivity contribution is 0.807. The van der Waals surface area contributed by atoms with Gasteiger partial charge in [-0.1, -0.05) is 138 Å². The number of thiocarbonyl (C=S) groups is 1. The fourth-order valence-electron chi connectivity index (χ4n) is 5.73. The van der Waals surface area contributed by atoms with Gasteiger partial charge in [0.05, 0.1) is 4.20 Å². The second-order valence-corrected chi connectivity index (χ2v) is 14.3. The van der Waals surface area contributed by atoms with Gasteiger partial charge in [-0.2, -0.15) is 0 Å². The Morgan fingerprint density at radius 1 is 0.513 bits per heavy atom. The van der Waals surface area contributed by atoms with Crippen LogP contribution in [-0.2, 0) is 0 Å². The van der Waals surface area contributed by atoms with E-state index in [0.29, 0.717) is 39.7 Å². The number of benzene rings is 3. The van der Waals surface area contributed by atoms with E-state index in [-0.39, 0.29) is 0 Å². The van der Waals surface area contributed by atoms with Crippen molar-refractivity contribution in [1.29, 1.82) is 0 Å². The van der Waals surface area contributed by atoms with Crippen LogP contribution in [0.25, 0.3) is 22.3 Å². The van der Waals surface area contributed by atoms with Crippen molar-refractivity contribution in [1.82, 2.24) is 0 Å². The van der Waals surface area contributed by atoms with E-state index < -0.39 is 0 Å². The topological polar surface area (TPSA) is 0 Å². The molecular weight excluding hydrogens is 509 g/mol. The van der Waals surface area contributed by atoms with E-state index in [1.165, 1.54) is 55.6 Å². The zero-order valence-electron chi connectivity index (χ0n) is 26.4. The number of thiol groups is 1. The van der Waals surface area contributed by atoms with Crippen molar-refractivity contribution in [2.75, 3.05) is 0 Å². The summed E-state index contributed by atoms with van der Waals surface area (Å²) in [5.74, 6) is 2.53. The van der Waals surface area contributed by atoms with Crippen LogP contribution in [0.3, 0.4) is 0 Å². The minimum atomic E-state index is 0.393. The smallest absolute Gasteiger partial charge is 0.0760 e. The molecule has 0 aliphatic carbocycles. The summed E-state index contributed by atoms with van der Waals surface area (Å²) in [6.07, 6.45) is 0. The summed E-state index contributed by atoms with van der Waals surface area (Å²) in [5, 5.41) is 0. The standard InChI is InChI=1S/C37H50S2/c1-20(2)26-16-30(22(5)6)34(31(17-26)23(7)8)28-14-13-15-29(36(28)37(38)39)35-32(24(9)10)18-27(21(3)4)19-33(35)25(11)12/h13-25H,1-12H3,(H,38,39). The van der Waals surface area contributed by atoms with Gasteiger partial charge >= 0.3 is 0 Å². The third-order valence-corrected chi connectivity index (χ3v) is 8.51. The molecule has 0 saturated carbocycles. The molecule has 210 valence electrons. The van der Waals surface area contributed by atoms with Gasteiger partial charge in [-0.3, -0.25) is 0 Å². The Bertz CT molecular complexity index is 1180. The first kappa shape index (κ1) is 31.6. The predicted molar refractivity (Wildman–Crippen MR) is 183 cm³/mol. The van der Waals surface area contributed by atoms with Crippen molar-refractivity contribution < 1.29 is 0 Å². The van der Waals surface area contributed by atoms with Crippen LogP contribution in [0.15, 0.2) is 42.5 Å². The monoisotopic (exact) mass is 558 g/mol. The molecule has 0 spiro atoms. The third-order valence-electron chi connectivity index (χ3n) is 8.08. The van der Waals surface area contributed by atoms with E-state index in [1.807, 2.05) is 0 Å². The third kappa shape index (κ3) is 6.54. The van der Waals surface area contributed by atoms with Crippen LogP contribution in [-0.4, -0.2) is 4.20 Å². The molecule has 0 N–H and O–H groups in total. The predicted octanol–water partition coefficient (Wildman–Crippen LogP) is 12.4. The van der Waals surface area contributed by atoms with Crippen LogP contribution in [0, 0.1) is 0 Å². The second kappa shape index (κ2) is 12.7. The molecule has 0 nitrogen and oxygen atoms in total. The van der Waals surface area contributed by atoms with Gasteiger partial charge in [-0.15, -0.1) is 12.6 Å². The molecule has 0 heterocycles. The van der Waals surface area contributed by atoms with Crippen molar-refractivity contribution in [3.8, 4) is 22.3 Å². The molecule has 3 aromatic rings. The van der Waals surface area contributed by atoms with Gasteiger partial charge in [0.1, 0.15) is 0 Å². The summed E-state index contributed by atoms with van der Waals surface area (Å²) in [7, 11) is 0. The molecule has 0 fully saturated rings. The molecule has 0 aliphatic rings. The SMILES string of the molecule is CC(C)c1cc(C(C)C)c(-c2cccc(-c3c(C(C)C)cc(C(C)C)cc3C(C)C)c2C(=S)S)c(C(C)C)c1. The Balaban J connectivity index is 2.55. The molecular formula is C37H50S2. The molecule has 0 aromatic heterocycles. The van der Waals surface area contributed by atoms with Crippen LogP contribution in [0.2, 0.25) is 0 Å². The van der Waals surface area contributed by atoms with Gasteiger partial charge in [-0.05, 0) is 91.1 Å². The number of rotatable bonds is 9. The van der Waals surface area contributed by atoms with Crippen molar-refractivity contribution in [3.05, 3.63) is 81.4 Å². The van der Waals surface area contributed by atoms with Crippen molar-refractivity contribution in [2.45, 2.75) is 119 Å². The minimum Gasteiger partial charge on any atom is -0.131 e. The van der Waals surface area contributed by atoms with Crippen LogP contribution in [0.4, 0.5) is 0 Å². The Morgan fingerprint density at radius 3 is 1.00 bits per heavy atom. The van der Waals surface area contributed by atoms with E-state index in [1.54, 1.807) is 0 Å². The molecule has 0 bridgehead atoms. The summed E-state index contributed by atoms with van der Waals surface area (Å²) >= 11 is 10.9. The zero-order chi connectivity index (χ0) is 29.3. The lowest BCUT2D eigenvalue weighted by atomic mass is 9.77. The lowest BCUT2D eigenvalue weighted by Gasteiger charge is -2.28. The molecule has 2 heteroatoms. The highest BCUT2D eigenvalue weighted by Crippen LogP contribution is 2.46. The Morgan fingerprint density at radius 2 is 0.795 bits per heavy atom. The summed E-state index contributed by atoms with van der Waals surface area (Å²) in [6.45, 7) is 27.7. The number of hydrogen-bond acceptors (Lipinski definition) is 1. The molecule has 0 saturated heterocycles. The molecule has 0 amide bonds. The largest absolute Gasteiger partial charge is 0.131 e. The van der Waals surface area contributed by atoms with Gasteiger partial charge in [0.2, 0.25) is 0 Å². The van der Waals surface area contributed by atoms with E-state index in [4.69, 9.17) is 24.8 Å². The molecule has 0 atom stereocenters. The van der Waals surface area contributed by atoms with Crippen molar-refractivity contribution in [2.24, 2.45) is 0 Å². The van der Waals surface area contributed by atoms with Crippen molar-refractivity contribution in [3.63, 3.8) is 0 Å². The first-order valence-electron chi connectivity index (χ1n) is 14.9. The second-order valence-electron chi connectivity index (χ2n) is 13.1. The highest BCUT2D eigenvalue weighted by Gasteiger charge is 2.26. The maximum Gasteiger partial charge on any atom is 0.0760 e. The maximum absolute atomic E-state index is 5.97. The zero-order valence-corrected chi connectivity index (χ0v) is 28.1. The Labute approximate surface area is 250 Å². The van der Waals surface area contributed by atoms with E-state index in [2.05, 4.69) is 126 Å². The van der Waals surface area contributed by atoms with Gasteiger partial charge in [0.15, 0.2) is 0 Å². The van der Waals surface area contributed by atoms with Crippen LogP contribution in [0.1, 0.15) is 158 Å². The van der Waals surface area contributed by atoms with E-state index >= 15 is 0 Å². The summed E-state index contributed by atoms with van der Waals surface area (Å²) in [4.78, 5) is 0. The van der Waals surface area contributed by atoms with Crippen molar-refractivity contribution >= 4 is 29.0 Å². The molecule has 0 unspecified atom stereocenters. The normalized spacial score (nSPS) is 12.2. The molecule has 3 rings (SSSR count). The molecule has 3 aromatic carbocycles. The maximum atomic E-state index is 5.97. The van der Waals surface area contributed by atoms with E-state index in [9.17, 15) is 0 Å². The van der Waals surface area contributed by atoms with Gasteiger partial charge in [0, 0.05) is 5.56 Å². The van der Waals surface area contributed by atoms with Crippen LogP contribution < -0.4 is 0 Å².